The monoisotopic (exact) mass is 194 g/mol. The molecule has 1 rings (SSSR count). The van der Waals surface area contributed by atoms with Crippen molar-refractivity contribution in [2.24, 2.45) is 5.73 Å². The van der Waals surface area contributed by atoms with Gasteiger partial charge in [0.15, 0.2) is 0 Å². The van der Waals surface area contributed by atoms with E-state index in [1.165, 1.54) is 0 Å². The van der Waals surface area contributed by atoms with Gasteiger partial charge in [-0.25, -0.2) is 0 Å². The smallest absolute Gasteiger partial charge is 0.0625 e. The van der Waals surface area contributed by atoms with Crippen molar-refractivity contribution in [2.75, 3.05) is 25.6 Å². The van der Waals surface area contributed by atoms with Gasteiger partial charge in [0, 0.05) is 19.8 Å². The predicted molar refractivity (Wildman–Crippen MR) is 59.5 cm³/mol. The summed E-state index contributed by atoms with van der Waals surface area (Å²) in [6, 6.07) is 5.72. The molecule has 0 aromatic heterocycles. The van der Waals surface area contributed by atoms with Crippen molar-refractivity contribution >= 4 is 5.69 Å². The van der Waals surface area contributed by atoms with Crippen LogP contribution in [0, 0.1) is 6.92 Å². The van der Waals surface area contributed by atoms with E-state index < -0.39 is 0 Å². The van der Waals surface area contributed by atoms with Crippen LogP contribution in [0.3, 0.4) is 0 Å². The van der Waals surface area contributed by atoms with Gasteiger partial charge in [0.1, 0.15) is 0 Å². The molecule has 78 valence electrons. The highest BCUT2D eigenvalue weighted by molar-refractivity contribution is 5.57. The summed E-state index contributed by atoms with van der Waals surface area (Å²) in [6.45, 7) is 1.99. The maximum absolute atomic E-state index is 9.08. The Bertz CT molecular complexity index is 310. The molecule has 0 amide bonds. The fourth-order valence-electron chi connectivity index (χ4n) is 1.63. The van der Waals surface area contributed by atoms with E-state index in [0.29, 0.717) is 0 Å². The van der Waals surface area contributed by atoms with Crippen molar-refractivity contribution in [3.8, 4) is 0 Å². The topological polar surface area (TPSA) is 49.5 Å². The maximum Gasteiger partial charge on any atom is 0.0625 e. The number of rotatable bonds is 3. The predicted octanol–water partition coefficient (Wildman–Crippen LogP) is 1.05. The second-order valence-electron chi connectivity index (χ2n) is 3.69. The summed E-state index contributed by atoms with van der Waals surface area (Å²) in [5, 5.41) is 9.08. The van der Waals surface area contributed by atoms with Gasteiger partial charge in [-0.1, -0.05) is 12.1 Å². The zero-order valence-corrected chi connectivity index (χ0v) is 8.99. The van der Waals surface area contributed by atoms with Crippen LogP contribution >= 0.6 is 0 Å². The average Bonchev–Trinajstić information content (AvgIpc) is 2.16. The molecule has 0 saturated heterocycles. The summed E-state index contributed by atoms with van der Waals surface area (Å²) in [6.07, 6.45) is 0. The van der Waals surface area contributed by atoms with E-state index in [1.54, 1.807) is 0 Å². The van der Waals surface area contributed by atoms with Crippen LogP contribution in [0.4, 0.5) is 5.69 Å². The molecule has 0 aliphatic rings. The number of aryl methyl sites for hydroxylation is 1. The first-order valence-electron chi connectivity index (χ1n) is 4.71. The minimum atomic E-state index is -0.298. The standard InChI is InChI=1S/C11H18N2O/c1-8-5-4-6-10(13(2)3)11(8)9(12)7-14/h4-6,9,14H,7,12H2,1-3H3. The van der Waals surface area contributed by atoms with E-state index in [-0.39, 0.29) is 12.6 Å². The van der Waals surface area contributed by atoms with E-state index in [9.17, 15) is 0 Å². The highest BCUT2D eigenvalue weighted by Crippen LogP contribution is 2.26. The molecule has 0 spiro atoms. The number of hydrogen-bond donors (Lipinski definition) is 2. The Morgan fingerprint density at radius 2 is 2.07 bits per heavy atom. The molecule has 0 bridgehead atoms. The normalized spacial score (nSPS) is 12.6. The summed E-state index contributed by atoms with van der Waals surface area (Å²) >= 11 is 0. The Morgan fingerprint density at radius 3 is 2.57 bits per heavy atom. The number of anilines is 1. The zero-order chi connectivity index (χ0) is 10.7. The molecular formula is C11H18N2O. The lowest BCUT2D eigenvalue weighted by atomic mass is 9.99. The quantitative estimate of drug-likeness (QED) is 0.756. The third-order valence-electron chi connectivity index (χ3n) is 2.35. The Balaban J connectivity index is 3.22. The van der Waals surface area contributed by atoms with Crippen LogP contribution in [0.1, 0.15) is 17.2 Å². The van der Waals surface area contributed by atoms with Gasteiger partial charge in [-0.15, -0.1) is 0 Å². The van der Waals surface area contributed by atoms with E-state index in [0.717, 1.165) is 16.8 Å². The van der Waals surface area contributed by atoms with Gasteiger partial charge in [-0.3, -0.25) is 0 Å². The first-order valence-corrected chi connectivity index (χ1v) is 4.71. The van der Waals surface area contributed by atoms with Crippen molar-refractivity contribution in [3.05, 3.63) is 29.3 Å². The van der Waals surface area contributed by atoms with Crippen LogP contribution in [0.2, 0.25) is 0 Å². The van der Waals surface area contributed by atoms with Crippen LogP contribution in [0.25, 0.3) is 0 Å². The van der Waals surface area contributed by atoms with E-state index in [2.05, 4.69) is 0 Å². The van der Waals surface area contributed by atoms with Crippen molar-refractivity contribution in [1.29, 1.82) is 0 Å². The second kappa shape index (κ2) is 4.44. The number of aliphatic hydroxyl groups is 1. The Hall–Kier alpha value is -1.06. The SMILES string of the molecule is Cc1cccc(N(C)C)c1C(N)CO. The van der Waals surface area contributed by atoms with Gasteiger partial charge in [0.05, 0.1) is 12.6 Å². The molecule has 14 heavy (non-hydrogen) atoms. The zero-order valence-electron chi connectivity index (χ0n) is 8.99. The first kappa shape index (κ1) is 11.0. The summed E-state index contributed by atoms with van der Waals surface area (Å²) in [4.78, 5) is 2.01. The molecular weight excluding hydrogens is 176 g/mol. The molecule has 1 atom stereocenters. The van der Waals surface area contributed by atoms with Crippen LogP contribution in [-0.4, -0.2) is 25.8 Å². The third-order valence-corrected chi connectivity index (χ3v) is 2.35. The molecule has 3 heteroatoms. The molecule has 0 radical (unpaired) electrons. The van der Waals surface area contributed by atoms with Gasteiger partial charge < -0.3 is 15.7 Å². The largest absolute Gasteiger partial charge is 0.394 e. The summed E-state index contributed by atoms with van der Waals surface area (Å²) in [5.41, 5.74) is 9.08. The second-order valence-corrected chi connectivity index (χ2v) is 3.69. The Labute approximate surface area is 85.2 Å². The summed E-state index contributed by atoms with van der Waals surface area (Å²) in [5.74, 6) is 0. The van der Waals surface area contributed by atoms with Crippen LogP contribution in [-0.2, 0) is 0 Å². The van der Waals surface area contributed by atoms with E-state index >= 15 is 0 Å². The van der Waals surface area contributed by atoms with Gasteiger partial charge >= 0.3 is 0 Å². The van der Waals surface area contributed by atoms with Crippen molar-refractivity contribution in [1.82, 2.24) is 0 Å². The van der Waals surface area contributed by atoms with Gasteiger partial charge in [-0.2, -0.15) is 0 Å². The maximum atomic E-state index is 9.08. The average molecular weight is 194 g/mol. The van der Waals surface area contributed by atoms with Gasteiger partial charge in [0.25, 0.3) is 0 Å². The van der Waals surface area contributed by atoms with Crippen LogP contribution in [0.5, 0.6) is 0 Å². The molecule has 1 unspecified atom stereocenters. The lowest BCUT2D eigenvalue weighted by Gasteiger charge is -2.22. The van der Waals surface area contributed by atoms with Crippen molar-refractivity contribution < 1.29 is 5.11 Å². The minimum absolute atomic E-state index is 0.0221. The highest BCUT2D eigenvalue weighted by Gasteiger charge is 2.13. The van der Waals surface area contributed by atoms with Crippen molar-refractivity contribution in [2.45, 2.75) is 13.0 Å². The van der Waals surface area contributed by atoms with E-state index in [1.807, 2.05) is 44.1 Å². The van der Waals surface area contributed by atoms with E-state index in [4.69, 9.17) is 10.8 Å². The molecule has 0 heterocycles. The summed E-state index contributed by atoms with van der Waals surface area (Å²) in [7, 11) is 3.95. The number of nitrogens with two attached hydrogens (primary N) is 1. The van der Waals surface area contributed by atoms with Crippen LogP contribution < -0.4 is 10.6 Å². The van der Waals surface area contributed by atoms with Gasteiger partial charge in [-0.05, 0) is 24.1 Å². The molecule has 1 aromatic rings. The Morgan fingerprint density at radius 1 is 1.43 bits per heavy atom. The van der Waals surface area contributed by atoms with Crippen molar-refractivity contribution in [3.63, 3.8) is 0 Å². The molecule has 3 N–H and O–H groups in total. The van der Waals surface area contributed by atoms with Crippen LogP contribution in [0.15, 0.2) is 18.2 Å². The first-order chi connectivity index (χ1) is 6.57. The fraction of sp³-hybridized carbons (Fsp3) is 0.455. The number of benzene rings is 1. The lowest BCUT2D eigenvalue weighted by molar-refractivity contribution is 0.268. The molecule has 1 aromatic carbocycles. The molecule has 3 nitrogen and oxygen atoms in total. The Kier molecular flexibility index (Phi) is 3.49. The minimum Gasteiger partial charge on any atom is -0.394 e. The fourth-order valence-corrected chi connectivity index (χ4v) is 1.63. The lowest BCUT2D eigenvalue weighted by Crippen LogP contribution is -2.21. The number of nitrogens with zero attached hydrogens (tertiary/aromatic N) is 1. The third kappa shape index (κ3) is 2.05. The highest BCUT2D eigenvalue weighted by atomic mass is 16.3. The number of aliphatic hydroxyl groups excluding tert-OH is 1. The molecule has 0 aliphatic carbocycles. The molecule has 0 saturated carbocycles. The summed E-state index contributed by atoms with van der Waals surface area (Å²) < 4.78 is 0. The molecule has 0 aliphatic heterocycles. The molecule has 0 fully saturated rings. The number of hydrogen-bond acceptors (Lipinski definition) is 3. The van der Waals surface area contributed by atoms with Gasteiger partial charge in [0.2, 0.25) is 0 Å².